The van der Waals surface area contributed by atoms with E-state index in [0.29, 0.717) is 6.61 Å². The first-order valence-electron chi connectivity index (χ1n) is 6.18. The number of esters is 1. The summed E-state index contributed by atoms with van der Waals surface area (Å²) in [6.07, 6.45) is 0. The maximum Gasteiger partial charge on any atom is 0.324 e. The van der Waals surface area contributed by atoms with Gasteiger partial charge >= 0.3 is 5.97 Å². The summed E-state index contributed by atoms with van der Waals surface area (Å²) in [6.45, 7) is 2.19. The van der Waals surface area contributed by atoms with Crippen LogP contribution < -0.4 is 0 Å². The minimum absolute atomic E-state index is 0.255. The summed E-state index contributed by atoms with van der Waals surface area (Å²) < 4.78 is 4.99. The lowest BCUT2D eigenvalue weighted by Crippen LogP contribution is -2.10. The van der Waals surface area contributed by atoms with Crippen LogP contribution in [0.3, 0.4) is 0 Å². The van der Waals surface area contributed by atoms with Gasteiger partial charge in [-0.05, 0) is 23.6 Å². The Morgan fingerprint density at radius 3 is 2.21 bits per heavy atom. The van der Waals surface area contributed by atoms with Gasteiger partial charge in [-0.3, -0.25) is 4.79 Å². The molecule has 0 spiro atoms. The average Bonchev–Trinajstić information content (AvgIpc) is 2.48. The van der Waals surface area contributed by atoms with E-state index in [-0.39, 0.29) is 5.97 Å². The quantitative estimate of drug-likeness (QED) is 0.618. The molecular formula is C16H15BrO2. The molecule has 0 heterocycles. The van der Waals surface area contributed by atoms with Gasteiger partial charge in [-0.25, -0.2) is 0 Å². The molecule has 0 saturated carbocycles. The van der Waals surface area contributed by atoms with Crippen molar-refractivity contribution >= 4 is 21.9 Å². The van der Waals surface area contributed by atoms with Gasteiger partial charge in [0.2, 0.25) is 0 Å². The first-order valence-corrected chi connectivity index (χ1v) is 7.10. The number of carbonyl (C=O) groups is 1. The molecule has 2 aromatic carbocycles. The molecule has 19 heavy (non-hydrogen) atoms. The minimum atomic E-state index is -0.405. The van der Waals surface area contributed by atoms with Crippen LogP contribution in [0, 0.1) is 0 Å². The summed E-state index contributed by atoms with van der Waals surface area (Å²) in [6, 6.07) is 18.0. The first kappa shape index (κ1) is 13.8. The van der Waals surface area contributed by atoms with Gasteiger partial charge in [-0.15, -0.1) is 0 Å². The van der Waals surface area contributed by atoms with Crippen LogP contribution in [0.2, 0.25) is 0 Å². The van der Waals surface area contributed by atoms with Crippen molar-refractivity contribution in [3.8, 4) is 11.1 Å². The SMILES string of the molecule is CCOC(=O)[C@@H](Br)c1ccc(-c2ccccc2)cc1. The Balaban J connectivity index is 2.17. The maximum absolute atomic E-state index is 11.6. The van der Waals surface area contributed by atoms with Crippen molar-refractivity contribution < 1.29 is 9.53 Å². The highest BCUT2D eigenvalue weighted by molar-refractivity contribution is 9.09. The number of carbonyl (C=O) groups excluding carboxylic acids is 1. The second-order valence-corrected chi connectivity index (χ2v) is 5.02. The highest BCUT2D eigenvalue weighted by atomic mass is 79.9. The van der Waals surface area contributed by atoms with Crippen LogP contribution in [-0.2, 0) is 9.53 Å². The molecule has 0 unspecified atom stereocenters. The van der Waals surface area contributed by atoms with Crippen LogP contribution >= 0.6 is 15.9 Å². The number of halogens is 1. The van der Waals surface area contributed by atoms with E-state index in [1.807, 2.05) is 42.5 Å². The molecule has 3 heteroatoms. The Bertz CT molecular complexity index is 534. The van der Waals surface area contributed by atoms with Crippen molar-refractivity contribution in [3.63, 3.8) is 0 Å². The normalized spacial score (nSPS) is 11.9. The predicted molar refractivity (Wildman–Crippen MR) is 80.2 cm³/mol. The predicted octanol–water partition coefficient (Wildman–Crippen LogP) is 4.35. The summed E-state index contributed by atoms with van der Waals surface area (Å²) >= 11 is 3.36. The van der Waals surface area contributed by atoms with Crippen LogP contribution in [-0.4, -0.2) is 12.6 Å². The molecule has 0 radical (unpaired) electrons. The first-order chi connectivity index (χ1) is 9.22. The van der Waals surface area contributed by atoms with Crippen LogP contribution in [0.25, 0.3) is 11.1 Å². The van der Waals surface area contributed by atoms with Gasteiger partial charge in [0, 0.05) is 0 Å². The summed E-state index contributed by atoms with van der Waals surface area (Å²) in [5.41, 5.74) is 3.20. The number of ether oxygens (including phenoxy) is 1. The molecule has 0 aliphatic rings. The summed E-state index contributed by atoms with van der Waals surface area (Å²) in [5, 5.41) is 0. The Hall–Kier alpha value is -1.61. The van der Waals surface area contributed by atoms with Crippen LogP contribution in [0.4, 0.5) is 0 Å². The molecule has 0 aliphatic heterocycles. The zero-order chi connectivity index (χ0) is 13.7. The Labute approximate surface area is 121 Å². The average molecular weight is 319 g/mol. The second kappa shape index (κ2) is 6.53. The maximum atomic E-state index is 11.6. The van der Waals surface area contributed by atoms with Crippen LogP contribution in [0.5, 0.6) is 0 Å². The monoisotopic (exact) mass is 318 g/mol. The number of benzene rings is 2. The third-order valence-corrected chi connectivity index (χ3v) is 3.71. The highest BCUT2D eigenvalue weighted by Gasteiger charge is 2.17. The molecule has 0 fully saturated rings. The van der Waals surface area contributed by atoms with E-state index in [1.165, 1.54) is 0 Å². The lowest BCUT2D eigenvalue weighted by Gasteiger charge is -2.10. The standard InChI is InChI=1S/C16H15BrO2/c1-2-19-16(18)15(17)14-10-8-13(9-11-14)12-6-4-3-5-7-12/h3-11,15H,2H2,1H3/t15-/m0/s1. The van der Waals surface area contributed by atoms with Crippen molar-refractivity contribution in [1.29, 1.82) is 0 Å². The zero-order valence-corrected chi connectivity index (χ0v) is 12.3. The highest BCUT2D eigenvalue weighted by Crippen LogP contribution is 2.27. The van der Waals surface area contributed by atoms with E-state index in [9.17, 15) is 4.79 Å². The fourth-order valence-corrected chi connectivity index (χ4v) is 2.26. The number of hydrogen-bond donors (Lipinski definition) is 0. The molecule has 0 aromatic heterocycles. The third-order valence-electron chi connectivity index (χ3n) is 2.80. The Morgan fingerprint density at radius 2 is 1.63 bits per heavy atom. The Kier molecular flexibility index (Phi) is 4.74. The minimum Gasteiger partial charge on any atom is -0.465 e. The topological polar surface area (TPSA) is 26.3 Å². The molecule has 98 valence electrons. The molecule has 0 aliphatic carbocycles. The summed E-state index contributed by atoms with van der Waals surface area (Å²) in [5.74, 6) is -0.255. The van der Waals surface area contributed by atoms with Gasteiger partial charge in [-0.1, -0.05) is 70.5 Å². The molecule has 0 amide bonds. The van der Waals surface area contributed by atoms with Crippen molar-refractivity contribution in [2.75, 3.05) is 6.61 Å². The van der Waals surface area contributed by atoms with Gasteiger partial charge in [-0.2, -0.15) is 0 Å². The van der Waals surface area contributed by atoms with E-state index >= 15 is 0 Å². The second-order valence-electron chi connectivity index (χ2n) is 4.10. The van der Waals surface area contributed by atoms with E-state index in [1.54, 1.807) is 6.92 Å². The number of hydrogen-bond acceptors (Lipinski definition) is 2. The number of rotatable bonds is 4. The van der Waals surface area contributed by atoms with E-state index in [0.717, 1.165) is 16.7 Å². The molecule has 2 rings (SSSR count). The van der Waals surface area contributed by atoms with Gasteiger partial charge in [0.25, 0.3) is 0 Å². The lowest BCUT2D eigenvalue weighted by atomic mass is 10.0. The van der Waals surface area contributed by atoms with Crippen molar-refractivity contribution in [3.05, 3.63) is 60.2 Å². The van der Waals surface area contributed by atoms with E-state index < -0.39 is 4.83 Å². The summed E-state index contributed by atoms with van der Waals surface area (Å²) in [7, 11) is 0. The van der Waals surface area contributed by atoms with Crippen molar-refractivity contribution in [2.24, 2.45) is 0 Å². The molecule has 0 bridgehead atoms. The summed E-state index contributed by atoms with van der Waals surface area (Å²) in [4.78, 5) is 11.2. The van der Waals surface area contributed by atoms with E-state index in [2.05, 4.69) is 28.1 Å². The third kappa shape index (κ3) is 3.44. The molecule has 1 atom stereocenters. The fourth-order valence-electron chi connectivity index (χ4n) is 1.83. The smallest absolute Gasteiger partial charge is 0.324 e. The van der Waals surface area contributed by atoms with Gasteiger partial charge < -0.3 is 4.74 Å². The molecule has 0 saturated heterocycles. The number of alkyl halides is 1. The molecule has 2 nitrogen and oxygen atoms in total. The van der Waals surface area contributed by atoms with E-state index in [4.69, 9.17) is 4.74 Å². The van der Waals surface area contributed by atoms with Gasteiger partial charge in [0.05, 0.1) is 6.61 Å². The fraction of sp³-hybridized carbons (Fsp3) is 0.188. The van der Waals surface area contributed by atoms with Crippen molar-refractivity contribution in [1.82, 2.24) is 0 Å². The largest absolute Gasteiger partial charge is 0.465 e. The van der Waals surface area contributed by atoms with Crippen LogP contribution in [0.15, 0.2) is 54.6 Å². The van der Waals surface area contributed by atoms with Gasteiger partial charge in [0.1, 0.15) is 4.83 Å². The molecule has 2 aromatic rings. The molecular weight excluding hydrogens is 304 g/mol. The van der Waals surface area contributed by atoms with Crippen molar-refractivity contribution in [2.45, 2.75) is 11.8 Å². The zero-order valence-electron chi connectivity index (χ0n) is 10.7. The molecule has 0 N–H and O–H groups in total. The van der Waals surface area contributed by atoms with Gasteiger partial charge in [0.15, 0.2) is 0 Å². The Morgan fingerprint density at radius 1 is 1.05 bits per heavy atom. The lowest BCUT2D eigenvalue weighted by molar-refractivity contribution is -0.142. The van der Waals surface area contributed by atoms with Crippen LogP contribution in [0.1, 0.15) is 17.3 Å².